The lowest BCUT2D eigenvalue weighted by Gasteiger charge is -1.97. The first-order valence-corrected chi connectivity index (χ1v) is 9.35. The van der Waals surface area contributed by atoms with Gasteiger partial charge >= 0.3 is 0 Å². The summed E-state index contributed by atoms with van der Waals surface area (Å²) in [5.41, 5.74) is 0. The third-order valence-electron chi connectivity index (χ3n) is 0.876. The van der Waals surface area contributed by atoms with Crippen molar-refractivity contribution in [3.63, 3.8) is 0 Å². The smallest absolute Gasteiger partial charge is 0.0855 e. The molecule has 1 rings (SSSR count). The summed E-state index contributed by atoms with van der Waals surface area (Å²) in [7, 11) is 0.139. The van der Waals surface area contributed by atoms with Crippen molar-refractivity contribution in [3.8, 4) is 0 Å². The molecule has 0 N–H and O–H groups in total. The highest BCUT2D eigenvalue weighted by Gasteiger charge is 2.15. The molecule has 0 saturated carbocycles. The van der Waals surface area contributed by atoms with Crippen LogP contribution in [0, 0.1) is 0 Å². The molecule has 0 aromatic heterocycles. The molecule has 1 nitrogen and oxygen atoms in total. The van der Waals surface area contributed by atoms with E-state index in [9.17, 15) is 0 Å². The molecule has 0 aromatic rings. The van der Waals surface area contributed by atoms with Gasteiger partial charge in [-0.1, -0.05) is 0 Å². The highest BCUT2D eigenvalue weighted by Crippen LogP contribution is 2.45. The Kier molecular flexibility index (Phi) is 4.52. The Bertz CT molecular complexity index is 199. The Hall–Kier alpha value is 1.67. The minimum atomic E-state index is 0.139. The standard InChI is InChI=1S/C4H6INS4/c1-7-3-4(8-2)10(5)6-9-3/h1-2H3. The topological polar surface area (TPSA) is 12.4 Å². The molecular formula is C4H6INS4. The van der Waals surface area contributed by atoms with Crippen LogP contribution in [0.15, 0.2) is 12.2 Å². The summed E-state index contributed by atoms with van der Waals surface area (Å²) >= 11 is 7.64. The van der Waals surface area contributed by atoms with Gasteiger partial charge in [-0.15, -0.1) is 23.5 Å². The Balaban J connectivity index is 2.81. The van der Waals surface area contributed by atoms with Gasteiger partial charge in [0.2, 0.25) is 0 Å². The van der Waals surface area contributed by atoms with E-state index in [1.807, 2.05) is 11.8 Å². The maximum Gasteiger partial charge on any atom is 0.0855 e. The van der Waals surface area contributed by atoms with Gasteiger partial charge in [0.25, 0.3) is 0 Å². The van der Waals surface area contributed by atoms with Gasteiger partial charge in [-0.3, -0.25) is 0 Å². The van der Waals surface area contributed by atoms with Gasteiger partial charge in [-0.25, -0.2) is 0 Å². The summed E-state index contributed by atoms with van der Waals surface area (Å²) in [4.78, 5) is 0. The fourth-order valence-electron chi connectivity index (χ4n) is 0.479. The van der Waals surface area contributed by atoms with Crippen LogP contribution >= 0.6 is 56.7 Å². The average Bonchev–Trinajstić information content (AvgIpc) is 2.30. The van der Waals surface area contributed by atoms with Crippen molar-refractivity contribution in [2.24, 2.45) is 3.77 Å². The van der Waals surface area contributed by atoms with E-state index < -0.39 is 0 Å². The van der Waals surface area contributed by atoms with Gasteiger partial charge in [-0.2, -0.15) is 3.77 Å². The predicted octanol–water partition coefficient (Wildman–Crippen LogP) is 3.65. The van der Waals surface area contributed by atoms with Crippen molar-refractivity contribution >= 4 is 64.5 Å². The third kappa shape index (κ3) is 2.09. The second-order valence-corrected chi connectivity index (χ2v) is 8.11. The molecule has 0 aliphatic carbocycles. The molecule has 1 atom stereocenters. The van der Waals surface area contributed by atoms with Gasteiger partial charge in [0.1, 0.15) is 0 Å². The maximum absolute atomic E-state index is 4.36. The van der Waals surface area contributed by atoms with E-state index in [2.05, 4.69) is 37.5 Å². The van der Waals surface area contributed by atoms with E-state index in [-0.39, 0.29) is 7.86 Å². The van der Waals surface area contributed by atoms with Gasteiger partial charge < -0.3 is 0 Å². The van der Waals surface area contributed by atoms with Crippen LogP contribution in [0.2, 0.25) is 0 Å². The van der Waals surface area contributed by atoms with Crippen LogP contribution in [0.4, 0.5) is 0 Å². The summed E-state index contributed by atoms with van der Waals surface area (Å²) in [6.07, 6.45) is 4.22. The molecule has 0 amide bonds. The van der Waals surface area contributed by atoms with Crippen molar-refractivity contribution in [3.05, 3.63) is 8.47 Å². The first-order chi connectivity index (χ1) is 4.79. The molecule has 1 unspecified atom stereocenters. The molecule has 0 saturated heterocycles. The van der Waals surface area contributed by atoms with Crippen LogP contribution in [0.3, 0.4) is 0 Å². The van der Waals surface area contributed by atoms with E-state index in [1.54, 1.807) is 23.7 Å². The monoisotopic (exact) mass is 323 g/mol. The van der Waals surface area contributed by atoms with Crippen LogP contribution in [0.25, 0.3) is 0 Å². The first-order valence-electron chi connectivity index (χ1n) is 2.40. The fraction of sp³-hybridized carbons (Fsp3) is 0.500. The van der Waals surface area contributed by atoms with Crippen LogP contribution < -0.4 is 0 Å². The minimum Gasteiger partial charge on any atom is -0.174 e. The lowest BCUT2D eigenvalue weighted by atomic mass is 11.2. The molecule has 0 aromatic carbocycles. The number of rotatable bonds is 2. The van der Waals surface area contributed by atoms with E-state index in [1.165, 1.54) is 8.47 Å². The molecule has 1 aliphatic heterocycles. The van der Waals surface area contributed by atoms with Crippen molar-refractivity contribution in [2.75, 3.05) is 12.5 Å². The van der Waals surface area contributed by atoms with Crippen LogP contribution in [-0.4, -0.2) is 12.5 Å². The second-order valence-electron chi connectivity index (χ2n) is 1.39. The van der Waals surface area contributed by atoms with E-state index in [0.29, 0.717) is 0 Å². The Morgan fingerprint density at radius 1 is 1.50 bits per heavy atom. The van der Waals surface area contributed by atoms with Crippen molar-refractivity contribution in [1.29, 1.82) is 0 Å². The van der Waals surface area contributed by atoms with Gasteiger partial charge in [0, 0.05) is 41.0 Å². The summed E-state index contributed by atoms with van der Waals surface area (Å²) < 4.78 is 7.18. The SMILES string of the molecule is CSC1=C(SC)S(I)=NS1. The molecule has 0 fully saturated rings. The van der Waals surface area contributed by atoms with Crippen LogP contribution in [0.1, 0.15) is 0 Å². The lowest BCUT2D eigenvalue weighted by Crippen LogP contribution is -1.74. The molecule has 0 bridgehead atoms. The summed E-state index contributed by atoms with van der Waals surface area (Å²) in [5, 5.41) is 0. The van der Waals surface area contributed by atoms with E-state index >= 15 is 0 Å². The predicted molar refractivity (Wildman–Crippen MR) is 65.5 cm³/mol. The summed E-state index contributed by atoms with van der Waals surface area (Å²) in [5.74, 6) is 0. The van der Waals surface area contributed by atoms with Gasteiger partial charge in [-0.05, 0) is 12.5 Å². The number of thioether (sulfide) groups is 2. The normalized spacial score (nSPS) is 25.3. The Labute approximate surface area is 88.4 Å². The number of nitrogens with zero attached hydrogens (tertiary/aromatic N) is 1. The number of hydrogen-bond acceptors (Lipinski definition) is 4. The summed E-state index contributed by atoms with van der Waals surface area (Å²) in [6, 6.07) is 0. The van der Waals surface area contributed by atoms with Crippen LogP contribution in [0.5, 0.6) is 0 Å². The molecule has 0 spiro atoms. The lowest BCUT2D eigenvalue weighted by molar-refractivity contribution is 2.11. The summed E-state index contributed by atoms with van der Waals surface area (Å²) in [6.45, 7) is 0. The van der Waals surface area contributed by atoms with Crippen LogP contribution in [-0.2, 0) is 7.86 Å². The second kappa shape index (κ2) is 4.64. The highest BCUT2D eigenvalue weighted by atomic mass is 127. The van der Waals surface area contributed by atoms with Crippen molar-refractivity contribution < 1.29 is 0 Å². The van der Waals surface area contributed by atoms with E-state index in [4.69, 9.17) is 0 Å². The average molecular weight is 323 g/mol. The highest BCUT2D eigenvalue weighted by molar-refractivity contribution is 14.2. The molecule has 1 heterocycles. The number of halogens is 1. The van der Waals surface area contributed by atoms with E-state index in [0.717, 1.165) is 0 Å². The molecule has 6 heteroatoms. The maximum atomic E-state index is 4.36. The first kappa shape index (κ1) is 9.76. The molecule has 10 heavy (non-hydrogen) atoms. The van der Waals surface area contributed by atoms with Crippen molar-refractivity contribution in [1.82, 2.24) is 0 Å². The van der Waals surface area contributed by atoms with Gasteiger partial charge in [0.05, 0.1) is 8.47 Å². The largest absolute Gasteiger partial charge is 0.174 e. The fourth-order valence-corrected chi connectivity index (χ4v) is 8.82. The Morgan fingerprint density at radius 2 is 2.20 bits per heavy atom. The molecular weight excluding hydrogens is 317 g/mol. The van der Waals surface area contributed by atoms with Crippen molar-refractivity contribution in [2.45, 2.75) is 0 Å². The zero-order chi connectivity index (χ0) is 7.56. The van der Waals surface area contributed by atoms with Gasteiger partial charge in [0.15, 0.2) is 0 Å². The third-order valence-corrected chi connectivity index (χ3v) is 9.61. The molecule has 58 valence electrons. The zero-order valence-electron chi connectivity index (χ0n) is 5.46. The number of hydrogen-bond donors (Lipinski definition) is 0. The molecule has 0 radical (unpaired) electrons. The molecule has 1 aliphatic rings. The minimum absolute atomic E-state index is 0.139. The quantitative estimate of drug-likeness (QED) is 0.568. The zero-order valence-corrected chi connectivity index (χ0v) is 10.9. The Morgan fingerprint density at radius 3 is 2.60 bits per heavy atom.